The molecule has 1 unspecified atom stereocenters. The third kappa shape index (κ3) is 5.49. The molecule has 0 saturated carbocycles. The molecule has 1 aliphatic rings. The van der Waals surface area contributed by atoms with E-state index in [9.17, 15) is 9.59 Å². The van der Waals surface area contributed by atoms with E-state index in [4.69, 9.17) is 4.74 Å². The standard InChI is InChI=1S/C13H24N2O3/c1-3-18-13(17)10(2)15-12(16)5-4-11-6-8-14-9-7-11/h10-11,14H,3-9H2,1-2H3,(H,15,16). The summed E-state index contributed by atoms with van der Waals surface area (Å²) in [6.07, 6.45) is 3.68. The zero-order chi connectivity index (χ0) is 13.4. The molecule has 0 aromatic carbocycles. The Morgan fingerprint density at radius 1 is 1.39 bits per heavy atom. The first-order valence-corrected chi connectivity index (χ1v) is 6.80. The minimum Gasteiger partial charge on any atom is -0.464 e. The van der Waals surface area contributed by atoms with Crippen molar-refractivity contribution in [3.63, 3.8) is 0 Å². The van der Waals surface area contributed by atoms with Gasteiger partial charge in [0.2, 0.25) is 5.91 Å². The van der Waals surface area contributed by atoms with E-state index in [0.29, 0.717) is 18.9 Å². The van der Waals surface area contributed by atoms with Crippen LogP contribution < -0.4 is 10.6 Å². The summed E-state index contributed by atoms with van der Waals surface area (Å²) in [5, 5.41) is 5.98. The molecule has 1 aliphatic heterocycles. The van der Waals surface area contributed by atoms with Crippen LogP contribution in [0.1, 0.15) is 39.5 Å². The molecule has 5 heteroatoms. The number of piperidine rings is 1. The van der Waals surface area contributed by atoms with Crippen molar-refractivity contribution in [2.75, 3.05) is 19.7 Å². The van der Waals surface area contributed by atoms with Gasteiger partial charge in [-0.2, -0.15) is 0 Å². The summed E-state index contributed by atoms with van der Waals surface area (Å²) in [6, 6.07) is -0.550. The first-order valence-electron chi connectivity index (χ1n) is 6.80. The van der Waals surface area contributed by atoms with Crippen molar-refractivity contribution >= 4 is 11.9 Å². The molecule has 1 rings (SSSR count). The van der Waals surface area contributed by atoms with Crippen molar-refractivity contribution in [2.24, 2.45) is 5.92 Å². The maximum absolute atomic E-state index is 11.7. The maximum atomic E-state index is 11.7. The van der Waals surface area contributed by atoms with Crippen molar-refractivity contribution < 1.29 is 14.3 Å². The predicted octanol–water partition coefficient (Wildman–Crippen LogP) is 0.834. The van der Waals surface area contributed by atoms with Crippen LogP contribution in [-0.2, 0) is 14.3 Å². The normalized spacial score (nSPS) is 18.1. The van der Waals surface area contributed by atoms with Gasteiger partial charge < -0.3 is 15.4 Å². The average Bonchev–Trinajstić information content (AvgIpc) is 2.38. The van der Waals surface area contributed by atoms with E-state index in [1.807, 2.05) is 0 Å². The summed E-state index contributed by atoms with van der Waals surface area (Å²) in [4.78, 5) is 23.0. The molecule has 0 aliphatic carbocycles. The number of rotatable bonds is 6. The van der Waals surface area contributed by atoms with Crippen LogP contribution in [0.25, 0.3) is 0 Å². The molecule has 2 N–H and O–H groups in total. The summed E-state index contributed by atoms with van der Waals surface area (Å²) in [7, 11) is 0. The van der Waals surface area contributed by atoms with E-state index in [-0.39, 0.29) is 11.9 Å². The van der Waals surface area contributed by atoms with Crippen LogP contribution in [0.3, 0.4) is 0 Å². The van der Waals surface area contributed by atoms with Crippen molar-refractivity contribution in [3.8, 4) is 0 Å². The summed E-state index contributed by atoms with van der Waals surface area (Å²) in [5.74, 6) is 0.205. The molecule has 1 atom stereocenters. The van der Waals surface area contributed by atoms with Gasteiger partial charge in [-0.3, -0.25) is 4.79 Å². The number of ether oxygens (including phenoxy) is 1. The highest BCUT2D eigenvalue weighted by molar-refractivity contribution is 5.84. The van der Waals surface area contributed by atoms with E-state index >= 15 is 0 Å². The number of esters is 1. The summed E-state index contributed by atoms with van der Waals surface area (Å²) in [5.41, 5.74) is 0. The molecular formula is C13H24N2O3. The summed E-state index contributed by atoms with van der Waals surface area (Å²) >= 11 is 0. The molecule has 18 heavy (non-hydrogen) atoms. The lowest BCUT2D eigenvalue weighted by Gasteiger charge is -2.22. The fraction of sp³-hybridized carbons (Fsp3) is 0.846. The Balaban J connectivity index is 2.18. The molecule has 5 nitrogen and oxygen atoms in total. The number of amides is 1. The fourth-order valence-electron chi connectivity index (χ4n) is 2.15. The number of carbonyl (C=O) groups is 2. The van der Waals surface area contributed by atoms with Crippen molar-refractivity contribution in [1.82, 2.24) is 10.6 Å². The minimum absolute atomic E-state index is 0.0610. The summed E-state index contributed by atoms with van der Waals surface area (Å²) < 4.78 is 4.84. The minimum atomic E-state index is -0.550. The molecule has 1 fully saturated rings. The Labute approximate surface area is 109 Å². The molecule has 1 amide bonds. The van der Waals surface area contributed by atoms with E-state index < -0.39 is 6.04 Å². The van der Waals surface area contributed by atoms with Crippen LogP contribution in [0, 0.1) is 5.92 Å². The lowest BCUT2D eigenvalue weighted by Crippen LogP contribution is -2.39. The number of hydrogen-bond acceptors (Lipinski definition) is 4. The summed E-state index contributed by atoms with van der Waals surface area (Å²) in [6.45, 7) is 5.84. The number of carbonyl (C=O) groups excluding carboxylic acids is 2. The molecule has 0 aromatic heterocycles. The molecule has 0 spiro atoms. The highest BCUT2D eigenvalue weighted by Gasteiger charge is 2.18. The Morgan fingerprint density at radius 2 is 2.06 bits per heavy atom. The Hall–Kier alpha value is -1.10. The first-order chi connectivity index (χ1) is 8.63. The molecule has 1 heterocycles. The smallest absolute Gasteiger partial charge is 0.328 e. The Kier molecular flexibility index (Phi) is 6.72. The van der Waals surface area contributed by atoms with Gasteiger partial charge in [0.05, 0.1) is 6.61 Å². The first kappa shape index (κ1) is 15.0. The third-order valence-corrected chi connectivity index (χ3v) is 3.26. The monoisotopic (exact) mass is 256 g/mol. The predicted molar refractivity (Wildman–Crippen MR) is 69.1 cm³/mol. The molecule has 0 radical (unpaired) electrons. The Morgan fingerprint density at radius 3 is 2.67 bits per heavy atom. The van der Waals surface area contributed by atoms with Gasteiger partial charge in [0.25, 0.3) is 0 Å². The topological polar surface area (TPSA) is 67.4 Å². The second-order valence-electron chi connectivity index (χ2n) is 4.77. The molecule has 1 saturated heterocycles. The molecule has 0 aromatic rings. The third-order valence-electron chi connectivity index (χ3n) is 3.26. The highest BCUT2D eigenvalue weighted by atomic mass is 16.5. The van der Waals surface area contributed by atoms with Gasteiger partial charge in [-0.15, -0.1) is 0 Å². The second kappa shape index (κ2) is 8.08. The van der Waals surface area contributed by atoms with Gasteiger partial charge in [0.15, 0.2) is 0 Å². The van der Waals surface area contributed by atoms with Crippen LogP contribution in [0.2, 0.25) is 0 Å². The van der Waals surface area contributed by atoms with Crippen LogP contribution >= 0.6 is 0 Å². The van der Waals surface area contributed by atoms with Crippen LogP contribution in [0.15, 0.2) is 0 Å². The molecule has 0 bridgehead atoms. The Bertz CT molecular complexity index is 275. The van der Waals surface area contributed by atoms with Gasteiger partial charge in [-0.1, -0.05) is 0 Å². The SMILES string of the molecule is CCOC(=O)C(C)NC(=O)CCC1CCNCC1. The number of nitrogens with one attached hydrogen (secondary N) is 2. The molecular weight excluding hydrogens is 232 g/mol. The van der Waals surface area contributed by atoms with Gasteiger partial charge in [-0.05, 0) is 52.1 Å². The van der Waals surface area contributed by atoms with E-state index in [1.165, 1.54) is 0 Å². The van der Waals surface area contributed by atoms with E-state index in [2.05, 4.69) is 10.6 Å². The van der Waals surface area contributed by atoms with Crippen LogP contribution in [0.5, 0.6) is 0 Å². The lowest BCUT2D eigenvalue weighted by molar-refractivity contribution is -0.146. The zero-order valence-electron chi connectivity index (χ0n) is 11.3. The van der Waals surface area contributed by atoms with Crippen molar-refractivity contribution in [3.05, 3.63) is 0 Å². The van der Waals surface area contributed by atoms with Gasteiger partial charge in [0.1, 0.15) is 6.04 Å². The van der Waals surface area contributed by atoms with Crippen molar-refractivity contribution in [2.45, 2.75) is 45.6 Å². The van der Waals surface area contributed by atoms with Gasteiger partial charge in [-0.25, -0.2) is 4.79 Å². The zero-order valence-corrected chi connectivity index (χ0v) is 11.3. The molecule has 104 valence electrons. The second-order valence-corrected chi connectivity index (χ2v) is 4.77. The van der Waals surface area contributed by atoms with Crippen LogP contribution in [0.4, 0.5) is 0 Å². The quantitative estimate of drug-likeness (QED) is 0.691. The number of hydrogen-bond donors (Lipinski definition) is 2. The van der Waals surface area contributed by atoms with Crippen LogP contribution in [-0.4, -0.2) is 37.6 Å². The van der Waals surface area contributed by atoms with Gasteiger partial charge in [0, 0.05) is 6.42 Å². The van der Waals surface area contributed by atoms with Gasteiger partial charge >= 0.3 is 5.97 Å². The lowest BCUT2D eigenvalue weighted by atomic mass is 9.93. The van der Waals surface area contributed by atoms with E-state index in [0.717, 1.165) is 32.4 Å². The maximum Gasteiger partial charge on any atom is 0.328 e. The average molecular weight is 256 g/mol. The van der Waals surface area contributed by atoms with E-state index in [1.54, 1.807) is 13.8 Å². The highest BCUT2D eigenvalue weighted by Crippen LogP contribution is 2.17. The largest absolute Gasteiger partial charge is 0.464 e. The van der Waals surface area contributed by atoms with Crippen molar-refractivity contribution in [1.29, 1.82) is 0 Å². The fourth-order valence-corrected chi connectivity index (χ4v) is 2.15.